The van der Waals surface area contributed by atoms with Gasteiger partial charge < -0.3 is 11.1 Å². The van der Waals surface area contributed by atoms with Crippen molar-refractivity contribution in [3.05, 3.63) is 23.0 Å². The first kappa shape index (κ1) is 14.6. The van der Waals surface area contributed by atoms with Gasteiger partial charge in [-0.3, -0.25) is 4.79 Å². The topological polar surface area (TPSA) is 80.9 Å². The second-order valence-corrected chi connectivity index (χ2v) is 4.72. The quantitative estimate of drug-likeness (QED) is 0.743. The van der Waals surface area contributed by atoms with E-state index in [1.807, 2.05) is 6.92 Å². The Labute approximate surface area is 108 Å². The molecule has 0 fully saturated rings. The van der Waals surface area contributed by atoms with E-state index in [1.54, 1.807) is 13.0 Å². The molecule has 18 heavy (non-hydrogen) atoms. The van der Waals surface area contributed by atoms with E-state index in [2.05, 4.69) is 22.4 Å². The third kappa shape index (κ3) is 4.41. The smallest absolute Gasteiger partial charge is 0.253 e. The lowest BCUT2D eigenvalue weighted by molar-refractivity contribution is 0.0951. The molecular formula is C13H22N4O. The highest BCUT2D eigenvalue weighted by molar-refractivity contribution is 5.95. The highest BCUT2D eigenvalue weighted by atomic mass is 16.1. The summed E-state index contributed by atoms with van der Waals surface area (Å²) >= 11 is 0. The number of nitrogens with two attached hydrogens (primary N) is 1. The van der Waals surface area contributed by atoms with Gasteiger partial charge in [0, 0.05) is 6.54 Å². The minimum Gasteiger partial charge on any atom is -0.352 e. The SMILES string of the molecule is Cc1cc(C(=O)NCCCC(C)CN)c(C)nn1. The van der Waals surface area contributed by atoms with Gasteiger partial charge in [0.05, 0.1) is 17.0 Å². The second-order valence-electron chi connectivity index (χ2n) is 4.72. The molecule has 5 heteroatoms. The minimum absolute atomic E-state index is 0.0779. The fourth-order valence-corrected chi connectivity index (χ4v) is 1.65. The molecule has 100 valence electrons. The fraction of sp³-hybridized carbons (Fsp3) is 0.615. The molecule has 1 heterocycles. The number of nitrogens with one attached hydrogen (secondary N) is 1. The number of rotatable bonds is 6. The molecule has 0 bridgehead atoms. The molecule has 0 radical (unpaired) electrons. The Bertz CT molecular complexity index is 406. The number of carbonyl (C=O) groups is 1. The first-order valence-electron chi connectivity index (χ1n) is 6.33. The third-order valence-corrected chi connectivity index (χ3v) is 2.91. The van der Waals surface area contributed by atoms with E-state index in [-0.39, 0.29) is 5.91 Å². The summed E-state index contributed by atoms with van der Waals surface area (Å²) in [5.41, 5.74) is 7.56. The lowest BCUT2D eigenvalue weighted by atomic mass is 10.1. The molecule has 1 unspecified atom stereocenters. The van der Waals surface area contributed by atoms with Crippen LogP contribution in [-0.2, 0) is 0 Å². The zero-order valence-corrected chi connectivity index (χ0v) is 11.4. The van der Waals surface area contributed by atoms with Crippen molar-refractivity contribution in [2.75, 3.05) is 13.1 Å². The van der Waals surface area contributed by atoms with Gasteiger partial charge in [-0.05, 0) is 45.2 Å². The molecule has 1 aromatic heterocycles. The first-order chi connectivity index (χ1) is 8.54. The standard InChI is InChI=1S/C13H22N4O/c1-9(8-14)5-4-6-15-13(18)12-7-10(2)16-17-11(12)3/h7,9H,4-6,8,14H2,1-3H3,(H,15,18). The Morgan fingerprint density at radius 2 is 2.17 bits per heavy atom. The third-order valence-electron chi connectivity index (χ3n) is 2.91. The first-order valence-corrected chi connectivity index (χ1v) is 6.33. The van der Waals surface area contributed by atoms with Gasteiger partial charge in [-0.2, -0.15) is 10.2 Å². The van der Waals surface area contributed by atoms with Gasteiger partial charge in [-0.1, -0.05) is 6.92 Å². The Kier molecular flexibility index (Phi) is 5.71. The van der Waals surface area contributed by atoms with Gasteiger partial charge in [0.25, 0.3) is 5.91 Å². The molecule has 1 aromatic rings. The van der Waals surface area contributed by atoms with Crippen LogP contribution in [0.3, 0.4) is 0 Å². The van der Waals surface area contributed by atoms with Crippen molar-refractivity contribution in [2.24, 2.45) is 11.7 Å². The van der Waals surface area contributed by atoms with E-state index in [4.69, 9.17) is 5.73 Å². The lowest BCUT2D eigenvalue weighted by Gasteiger charge is -2.09. The van der Waals surface area contributed by atoms with Gasteiger partial charge in [0.15, 0.2) is 0 Å². The van der Waals surface area contributed by atoms with E-state index in [1.165, 1.54) is 0 Å². The number of carbonyl (C=O) groups excluding carboxylic acids is 1. The molecule has 5 nitrogen and oxygen atoms in total. The highest BCUT2D eigenvalue weighted by Crippen LogP contribution is 2.06. The number of hydrogen-bond acceptors (Lipinski definition) is 4. The van der Waals surface area contributed by atoms with E-state index in [0.717, 1.165) is 18.5 Å². The zero-order valence-electron chi connectivity index (χ0n) is 11.4. The van der Waals surface area contributed by atoms with E-state index >= 15 is 0 Å². The summed E-state index contributed by atoms with van der Waals surface area (Å²) in [5.74, 6) is 0.430. The van der Waals surface area contributed by atoms with Crippen molar-refractivity contribution < 1.29 is 4.79 Å². The Morgan fingerprint density at radius 3 is 2.83 bits per heavy atom. The average Bonchev–Trinajstić information content (AvgIpc) is 2.36. The fourth-order valence-electron chi connectivity index (χ4n) is 1.65. The monoisotopic (exact) mass is 250 g/mol. The summed E-state index contributed by atoms with van der Waals surface area (Å²) in [7, 11) is 0. The molecule has 1 atom stereocenters. The maximum absolute atomic E-state index is 11.9. The van der Waals surface area contributed by atoms with Crippen LogP contribution in [0.4, 0.5) is 0 Å². The van der Waals surface area contributed by atoms with Crippen LogP contribution < -0.4 is 11.1 Å². The van der Waals surface area contributed by atoms with Crippen molar-refractivity contribution >= 4 is 5.91 Å². The van der Waals surface area contributed by atoms with Gasteiger partial charge >= 0.3 is 0 Å². The van der Waals surface area contributed by atoms with Crippen LogP contribution in [0, 0.1) is 19.8 Å². The summed E-state index contributed by atoms with van der Waals surface area (Å²) in [5, 5.41) is 10.7. The number of aromatic nitrogens is 2. The molecule has 0 spiro atoms. The van der Waals surface area contributed by atoms with Crippen LogP contribution in [0.2, 0.25) is 0 Å². The molecule has 1 rings (SSSR count). The van der Waals surface area contributed by atoms with Crippen LogP contribution in [-0.4, -0.2) is 29.2 Å². The van der Waals surface area contributed by atoms with Crippen molar-refractivity contribution in [3.8, 4) is 0 Å². The molecule has 0 aromatic carbocycles. The predicted octanol–water partition coefficient (Wildman–Crippen LogP) is 1.20. The number of amides is 1. The maximum Gasteiger partial charge on any atom is 0.253 e. The van der Waals surface area contributed by atoms with Gasteiger partial charge in [0.2, 0.25) is 0 Å². The number of aryl methyl sites for hydroxylation is 2. The molecule has 3 N–H and O–H groups in total. The summed E-state index contributed by atoms with van der Waals surface area (Å²) < 4.78 is 0. The normalized spacial score (nSPS) is 12.2. The Hall–Kier alpha value is -1.49. The molecule has 0 aliphatic carbocycles. The largest absolute Gasteiger partial charge is 0.352 e. The van der Waals surface area contributed by atoms with Crippen molar-refractivity contribution in [2.45, 2.75) is 33.6 Å². The molecule has 0 saturated carbocycles. The molecule has 0 aliphatic rings. The lowest BCUT2D eigenvalue weighted by Crippen LogP contribution is -2.26. The number of nitrogens with zero attached hydrogens (tertiary/aromatic N) is 2. The summed E-state index contributed by atoms with van der Waals surface area (Å²) in [6.45, 7) is 7.09. The summed E-state index contributed by atoms with van der Waals surface area (Å²) in [4.78, 5) is 11.9. The van der Waals surface area contributed by atoms with Crippen LogP contribution in [0.1, 0.15) is 41.5 Å². The van der Waals surface area contributed by atoms with Gasteiger partial charge in [-0.15, -0.1) is 0 Å². The molecular weight excluding hydrogens is 228 g/mol. The van der Waals surface area contributed by atoms with E-state index in [9.17, 15) is 4.79 Å². The van der Waals surface area contributed by atoms with E-state index in [0.29, 0.717) is 30.3 Å². The number of hydrogen-bond donors (Lipinski definition) is 2. The predicted molar refractivity (Wildman–Crippen MR) is 71.3 cm³/mol. The second kappa shape index (κ2) is 7.06. The molecule has 0 saturated heterocycles. The maximum atomic E-state index is 11.9. The highest BCUT2D eigenvalue weighted by Gasteiger charge is 2.10. The van der Waals surface area contributed by atoms with Crippen LogP contribution in [0.5, 0.6) is 0 Å². The van der Waals surface area contributed by atoms with Crippen molar-refractivity contribution in [1.29, 1.82) is 0 Å². The minimum atomic E-state index is -0.0779. The Balaban J connectivity index is 2.43. The summed E-state index contributed by atoms with van der Waals surface area (Å²) in [6, 6.07) is 1.76. The van der Waals surface area contributed by atoms with Gasteiger partial charge in [-0.25, -0.2) is 0 Å². The van der Waals surface area contributed by atoms with E-state index < -0.39 is 0 Å². The van der Waals surface area contributed by atoms with Crippen LogP contribution in [0.25, 0.3) is 0 Å². The van der Waals surface area contributed by atoms with Crippen LogP contribution in [0.15, 0.2) is 6.07 Å². The Morgan fingerprint density at radius 1 is 1.44 bits per heavy atom. The average molecular weight is 250 g/mol. The van der Waals surface area contributed by atoms with Crippen LogP contribution >= 0.6 is 0 Å². The van der Waals surface area contributed by atoms with Gasteiger partial charge in [0.1, 0.15) is 0 Å². The molecule has 1 amide bonds. The van der Waals surface area contributed by atoms with Crippen molar-refractivity contribution in [1.82, 2.24) is 15.5 Å². The van der Waals surface area contributed by atoms with Crippen molar-refractivity contribution in [3.63, 3.8) is 0 Å². The summed E-state index contributed by atoms with van der Waals surface area (Å²) in [6.07, 6.45) is 1.98. The molecule has 0 aliphatic heterocycles. The zero-order chi connectivity index (χ0) is 13.5.